The van der Waals surface area contributed by atoms with Crippen molar-refractivity contribution in [2.75, 3.05) is 7.11 Å². The largest absolute Gasteiger partial charge is 0.469 e. The molecule has 0 aliphatic heterocycles. The third-order valence-electron chi connectivity index (χ3n) is 1.07. The predicted molar refractivity (Wildman–Crippen MR) is 35.8 cm³/mol. The Balaban J connectivity index is 2.97. The fraction of sp³-hybridized carbons (Fsp3) is 0.714. The van der Waals surface area contributed by atoms with Crippen LogP contribution >= 0.6 is 0 Å². The molecular formula is C7H13O2. The van der Waals surface area contributed by atoms with E-state index in [1.807, 2.05) is 0 Å². The highest BCUT2D eigenvalue weighted by molar-refractivity contribution is 5.69. The Morgan fingerprint density at radius 1 is 1.67 bits per heavy atom. The minimum absolute atomic E-state index is 0.125. The molecule has 0 atom stereocenters. The highest BCUT2D eigenvalue weighted by atomic mass is 16.5. The molecule has 0 heterocycles. The molecule has 0 fully saturated rings. The molecule has 53 valence electrons. The Morgan fingerprint density at radius 2 is 2.33 bits per heavy atom. The maximum Gasteiger partial charge on any atom is 0.305 e. The van der Waals surface area contributed by atoms with Crippen LogP contribution in [0.15, 0.2) is 0 Å². The second-order valence-electron chi connectivity index (χ2n) is 1.81. The lowest BCUT2D eigenvalue weighted by Crippen LogP contribution is -1.98. The molecule has 0 N–H and O–H groups in total. The summed E-state index contributed by atoms with van der Waals surface area (Å²) < 4.78 is 4.44. The molecular weight excluding hydrogens is 116 g/mol. The standard InChI is InChI=1S/C7H13O2/c1-3-4-5-6-7(8)9-2/h4H,3,5-6H2,1-2H3. The summed E-state index contributed by atoms with van der Waals surface area (Å²) in [5, 5.41) is 0. The van der Waals surface area contributed by atoms with Gasteiger partial charge in [-0.3, -0.25) is 4.79 Å². The van der Waals surface area contributed by atoms with Crippen molar-refractivity contribution in [2.45, 2.75) is 26.2 Å². The molecule has 0 amide bonds. The third-order valence-corrected chi connectivity index (χ3v) is 1.07. The van der Waals surface area contributed by atoms with E-state index in [1.165, 1.54) is 7.11 Å². The van der Waals surface area contributed by atoms with Crippen molar-refractivity contribution in [3.05, 3.63) is 6.42 Å². The molecule has 0 aromatic heterocycles. The Kier molecular flexibility index (Phi) is 5.27. The molecule has 9 heavy (non-hydrogen) atoms. The predicted octanol–water partition coefficient (Wildman–Crippen LogP) is 1.55. The van der Waals surface area contributed by atoms with Crippen LogP contribution in [0, 0.1) is 6.42 Å². The lowest BCUT2D eigenvalue weighted by Gasteiger charge is -1.95. The minimum atomic E-state index is -0.125. The molecule has 0 saturated carbocycles. The van der Waals surface area contributed by atoms with Gasteiger partial charge in [-0.1, -0.05) is 13.3 Å². The summed E-state index contributed by atoms with van der Waals surface area (Å²) in [5.74, 6) is -0.125. The summed E-state index contributed by atoms with van der Waals surface area (Å²) >= 11 is 0. The van der Waals surface area contributed by atoms with Gasteiger partial charge in [0, 0.05) is 6.42 Å². The smallest absolute Gasteiger partial charge is 0.305 e. The number of carbonyl (C=O) groups excluding carboxylic acids is 1. The van der Waals surface area contributed by atoms with E-state index in [1.54, 1.807) is 0 Å². The van der Waals surface area contributed by atoms with Gasteiger partial charge in [0.1, 0.15) is 0 Å². The quantitative estimate of drug-likeness (QED) is 0.425. The van der Waals surface area contributed by atoms with E-state index in [2.05, 4.69) is 18.1 Å². The van der Waals surface area contributed by atoms with Gasteiger partial charge in [-0.25, -0.2) is 0 Å². The molecule has 2 heteroatoms. The van der Waals surface area contributed by atoms with E-state index in [-0.39, 0.29) is 5.97 Å². The average Bonchev–Trinajstić information content (AvgIpc) is 1.89. The number of hydrogen-bond acceptors (Lipinski definition) is 2. The van der Waals surface area contributed by atoms with Gasteiger partial charge in [0.15, 0.2) is 0 Å². The van der Waals surface area contributed by atoms with Gasteiger partial charge in [-0.05, 0) is 12.8 Å². The van der Waals surface area contributed by atoms with Crippen LogP contribution in [0.25, 0.3) is 0 Å². The molecule has 0 spiro atoms. The molecule has 0 aromatic rings. The van der Waals surface area contributed by atoms with Gasteiger partial charge in [-0.15, -0.1) is 0 Å². The lowest BCUT2D eigenvalue weighted by atomic mass is 10.2. The van der Waals surface area contributed by atoms with Crippen LogP contribution in [0.4, 0.5) is 0 Å². The number of rotatable bonds is 4. The lowest BCUT2D eigenvalue weighted by molar-refractivity contribution is -0.140. The van der Waals surface area contributed by atoms with Gasteiger partial charge in [-0.2, -0.15) is 0 Å². The van der Waals surface area contributed by atoms with Crippen molar-refractivity contribution in [3.63, 3.8) is 0 Å². The zero-order chi connectivity index (χ0) is 7.11. The van der Waals surface area contributed by atoms with Crippen molar-refractivity contribution in [1.29, 1.82) is 0 Å². The third kappa shape index (κ3) is 5.34. The zero-order valence-corrected chi connectivity index (χ0v) is 6.02. The Morgan fingerprint density at radius 3 is 2.78 bits per heavy atom. The first-order chi connectivity index (χ1) is 4.31. The highest BCUT2D eigenvalue weighted by Gasteiger charge is 1.96. The first-order valence-corrected chi connectivity index (χ1v) is 3.19. The van der Waals surface area contributed by atoms with Crippen molar-refractivity contribution in [1.82, 2.24) is 0 Å². The first kappa shape index (κ1) is 8.47. The summed E-state index contributed by atoms with van der Waals surface area (Å²) in [6.07, 6.45) is 4.45. The monoisotopic (exact) mass is 129 g/mol. The van der Waals surface area contributed by atoms with Crippen molar-refractivity contribution < 1.29 is 9.53 Å². The minimum Gasteiger partial charge on any atom is -0.469 e. The SMILES string of the molecule is CC[CH]CCC(=O)OC. The van der Waals surface area contributed by atoms with Gasteiger partial charge >= 0.3 is 5.97 Å². The van der Waals surface area contributed by atoms with Crippen molar-refractivity contribution in [3.8, 4) is 0 Å². The van der Waals surface area contributed by atoms with Crippen LogP contribution in [-0.4, -0.2) is 13.1 Å². The summed E-state index contributed by atoms with van der Waals surface area (Å²) in [7, 11) is 1.41. The van der Waals surface area contributed by atoms with Crippen LogP contribution in [0.1, 0.15) is 26.2 Å². The van der Waals surface area contributed by atoms with Crippen LogP contribution in [0.5, 0.6) is 0 Å². The van der Waals surface area contributed by atoms with Gasteiger partial charge in [0.05, 0.1) is 7.11 Å². The fourth-order valence-electron chi connectivity index (χ4n) is 0.526. The van der Waals surface area contributed by atoms with E-state index < -0.39 is 0 Å². The van der Waals surface area contributed by atoms with E-state index in [4.69, 9.17) is 0 Å². The Labute approximate surface area is 56.2 Å². The van der Waals surface area contributed by atoms with Crippen molar-refractivity contribution in [2.24, 2.45) is 0 Å². The summed E-state index contributed by atoms with van der Waals surface area (Å²) in [4.78, 5) is 10.4. The van der Waals surface area contributed by atoms with E-state index in [9.17, 15) is 4.79 Å². The molecule has 0 rings (SSSR count). The second-order valence-corrected chi connectivity index (χ2v) is 1.81. The Hall–Kier alpha value is -0.530. The second kappa shape index (κ2) is 5.60. The first-order valence-electron chi connectivity index (χ1n) is 3.19. The van der Waals surface area contributed by atoms with E-state index in [0.717, 1.165) is 12.8 Å². The van der Waals surface area contributed by atoms with Gasteiger partial charge in [0.25, 0.3) is 0 Å². The van der Waals surface area contributed by atoms with E-state index in [0.29, 0.717) is 6.42 Å². The van der Waals surface area contributed by atoms with Crippen LogP contribution in [0.2, 0.25) is 0 Å². The number of unbranched alkanes of at least 4 members (excludes halogenated alkanes) is 2. The maximum atomic E-state index is 10.4. The van der Waals surface area contributed by atoms with Gasteiger partial charge in [0.2, 0.25) is 0 Å². The van der Waals surface area contributed by atoms with Gasteiger partial charge < -0.3 is 4.74 Å². The number of methoxy groups -OCH3 is 1. The van der Waals surface area contributed by atoms with E-state index >= 15 is 0 Å². The summed E-state index contributed by atoms with van der Waals surface area (Å²) in [6, 6.07) is 0. The molecule has 0 aromatic carbocycles. The Bertz CT molecular complexity index is 79.0. The molecule has 2 nitrogen and oxygen atoms in total. The molecule has 0 aliphatic rings. The fourth-order valence-corrected chi connectivity index (χ4v) is 0.526. The number of ether oxygens (including phenoxy) is 1. The van der Waals surface area contributed by atoms with Crippen LogP contribution in [-0.2, 0) is 9.53 Å². The summed E-state index contributed by atoms with van der Waals surface area (Å²) in [6.45, 7) is 2.05. The zero-order valence-electron chi connectivity index (χ0n) is 6.02. The molecule has 0 saturated heterocycles. The molecule has 0 aliphatic carbocycles. The topological polar surface area (TPSA) is 26.3 Å². The normalized spacial score (nSPS) is 9.11. The number of hydrogen-bond donors (Lipinski definition) is 0. The molecule has 0 bridgehead atoms. The molecule has 1 radical (unpaired) electrons. The number of esters is 1. The van der Waals surface area contributed by atoms with Crippen molar-refractivity contribution >= 4 is 5.97 Å². The molecule has 0 unspecified atom stereocenters. The maximum absolute atomic E-state index is 10.4. The summed E-state index contributed by atoms with van der Waals surface area (Å²) in [5.41, 5.74) is 0. The average molecular weight is 129 g/mol. The van der Waals surface area contributed by atoms with Crippen LogP contribution < -0.4 is 0 Å². The highest BCUT2D eigenvalue weighted by Crippen LogP contribution is 1.97. The van der Waals surface area contributed by atoms with Crippen LogP contribution in [0.3, 0.4) is 0 Å². The number of carbonyl (C=O) groups is 1.